The maximum Gasteiger partial charge on any atom is 0.311 e. The lowest BCUT2D eigenvalue weighted by molar-refractivity contribution is -0.139. The van der Waals surface area contributed by atoms with Crippen LogP contribution in [0.1, 0.15) is 59.0 Å². The SMILES string of the molecule is O=C(NC1CCC(c2ccc(Cl)c(Cl)c2)C1)c1ccc(Oc2cc3c(cc2Cl)C(C(=O)O)CCO3)cc1. The molecular formula is C28H24Cl3NO5. The minimum atomic E-state index is -0.911. The first-order valence-electron chi connectivity index (χ1n) is 12.0. The number of carbonyl (C=O) groups excluding carboxylic acids is 1. The number of carboxylic acids is 1. The lowest BCUT2D eigenvalue weighted by Gasteiger charge is -2.24. The molecule has 1 aliphatic heterocycles. The number of nitrogens with one attached hydrogen (secondary N) is 1. The summed E-state index contributed by atoms with van der Waals surface area (Å²) in [7, 11) is 0. The summed E-state index contributed by atoms with van der Waals surface area (Å²) in [5.41, 5.74) is 2.20. The number of hydrogen-bond acceptors (Lipinski definition) is 4. The van der Waals surface area contributed by atoms with E-state index in [0.717, 1.165) is 24.8 Å². The lowest BCUT2D eigenvalue weighted by Crippen LogP contribution is -2.32. The molecule has 1 heterocycles. The summed E-state index contributed by atoms with van der Waals surface area (Å²) in [6.07, 6.45) is 3.08. The normalized spacial score (nSPS) is 20.6. The van der Waals surface area contributed by atoms with Crippen LogP contribution >= 0.6 is 34.8 Å². The highest BCUT2D eigenvalue weighted by atomic mass is 35.5. The van der Waals surface area contributed by atoms with Crippen LogP contribution in [0.3, 0.4) is 0 Å². The van der Waals surface area contributed by atoms with Crippen LogP contribution < -0.4 is 14.8 Å². The molecule has 3 unspecified atom stereocenters. The Bertz CT molecular complexity index is 1340. The van der Waals surface area contributed by atoms with Crippen molar-refractivity contribution in [2.45, 2.75) is 43.6 Å². The van der Waals surface area contributed by atoms with Crippen molar-refractivity contribution in [2.24, 2.45) is 0 Å². The third-order valence-electron chi connectivity index (χ3n) is 6.93. The molecule has 2 aliphatic rings. The Morgan fingerprint density at radius 2 is 1.70 bits per heavy atom. The van der Waals surface area contributed by atoms with Crippen molar-refractivity contribution >= 4 is 46.7 Å². The van der Waals surface area contributed by atoms with E-state index >= 15 is 0 Å². The van der Waals surface area contributed by atoms with E-state index in [1.54, 1.807) is 36.4 Å². The smallest absolute Gasteiger partial charge is 0.311 e. The van der Waals surface area contributed by atoms with Gasteiger partial charge in [-0.25, -0.2) is 0 Å². The van der Waals surface area contributed by atoms with Crippen LogP contribution in [0.5, 0.6) is 17.2 Å². The fraction of sp³-hybridized carbons (Fsp3) is 0.286. The van der Waals surface area contributed by atoms with E-state index in [9.17, 15) is 14.7 Å². The summed E-state index contributed by atoms with van der Waals surface area (Å²) in [5.74, 6) is -0.103. The zero-order valence-electron chi connectivity index (χ0n) is 19.7. The van der Waals surface area contributed by atoms with Crippen molar-refractivity contribution in [3.63, 3.8) is 0 Å². The van der Waals surface area contributed by atoms with Crippen LogP contribution in [-0.4, -0.2) is 29.6 Å². The second-order valence-electron chi connectivity index (χ2n) is 9.33. The van der Waals surface area contributed by atoms with Crippen LogP contribution in [0.25, 0.3) is 0 Å². The Hall–Kier alpha value is -2.93. The molecule has 0 radical (unpaired) electrons. The fourth-order valence-electron chi connectivity index (χ4n) is 4.98. The van der Waals surface area contributed by atoms with Gasteiger partial charge in [0.05, 0.1) is 27.6 Å². The maximum absolute atomic E-state index is 12.8. The van der Waals surface area contributed by atoms with Gasteiger partial charge < -0.3 is 19.9 Å². The summed E-state index contributed by atoms with van der Waals surface area (Å²) in [6.45, 7) is 0.310. The lowest BCUT2D eigenvalue weighted by atomic mass is 9.93. The van der Waals surface area contributed by atoms with E-state index < -0.39 is 11.9 Å². The average molecular weight is 561 g/mol. The Morgan fingerprint density at radius 3 is 2.43 bits per heavy atom. The topological polar surface area (TPSA) is 84.9 Å². The number of hydrogen-bond donors (Lipinski definition) is 2. The van der Waals surface area contributed by atoms with E-state index in [0.29, 0.717) is 57.4 Å². The molecule has 3 atom stereocenters. The van der Waals surface area contributed by atoms with Gasteiger partial charge in [-0.1, -0.05) is 40.9 Å². The Morgan fingerprint density at radius 1 is 0.919 bits per heavy atom. The van der Waals surface area contributed by atoms with Crippen LogP contribution in [0.2, 0.25) is 15.1 Å². The van der Waals surface area contributed by atoms with E-state index in [-0.39, 0.29) is 17.0 Å². The molecule has 3 aromatic carbocycles. The van der Waals surface area contributed by atoms with Gasteiger partial charge in [0.2, 0.25) is 0 Å². The number of ether oxygens (including phenoxy) is 2. The van der Waals surface area contributed by atoms with Crippen molar-refractivity contribution in [1.29, 1.82) is 0 Å². The highest BCUT2D eigenvalue weighted by molar-refractivity contribution is 6.42. The zero-order valence-corrected chi connectivity index (χ0v) is 21.9. The van der Waals surface area contributed by atoms with Gasteiger partial charge in [0.1, 0.15) is 17.2 Å². The minimum absolute atomic E-state index is 0.0758. The van der Waals surface area contributed by atoms with Crippen LogP contribution in [-0.2, 0) is 4.79 Å². The van der Waals surface area contributed by atoms with Crippen LogP contribution in [0.4, 0.5) is 0 Å². The van der Waals surface area contributed by atoms with Gasteiger partial charge in [0, 0.05) is 23.2 Å². The molecule has 1 saturated carbocycles. The van der Waals surface area contributed by atoms with Crippen molar-refractivity contribution in [3.8, 4) is 17.2 Å². The van der Waals surface area contributed by atoms with Crippen molar-refractivity contribution in [2.75, 3.05) is 6.61 Å². The van der Waals surface area contributed by atoms with E-state index in [2.05, 4.69) is 5.32 Å². The molecule has 3 aromatic rings. The summed E-state index contributed by atoms with van der Waals surface area (Å²) < 4.78 is 11.5. The molecule has 1 aliphatic carbocycles. The highest BCUT2D eigenvalue weighted by Crippen LogP contribution is 2.42. The molecule has 0 spiro atoms. The number of carboxylic acid groups (broad SMARTS) is 1. The van der Waals surface area contributed by atoms with Gasteiger partial charge >= 0.3 is 5.97 Å². The molecule has 5 rings (SSSR count). The monoisotopic (exact) mass is 559 g/mol. The highest BCUT2D eigenvalue weighted by Gasteiger charge is 2.30. The third-order valence-corrected chi connectivity index (χ3v) is 7.96. The van der Waals surface area contributed by atoms with Crippen molar-refractivity contribution in [3.05, 3.63) is 86.4 Å². The molecule has 0 saturated heterocycles. The number of carbonyl (C=O) groups is 2. The Kier molecular flexibility index (Phi) is 7.52. The number of aliphatic carboxylic acids is 1. The first-order chi connectivity index (χ1) is 17.8. The third kappa shape index (κ3) is 5.66. The number of fused-ring (bicyclic) bond motifs is 1. The van der Waals surface area contributed by atoms with Crippen molar-refractivity contribution < 1.29 is 24.2 Å². The number of halogens is 3. The molecule has 37 heavy (non-hydrogen) atoms. The van der Waals surface area contributed by atoms with Gasteiger partial charge in [-0.15, -0.1) is 0 Å². The standard InChI is InChI=1S/C28H24Cl3NO5/c29-22-8-4-17(12-23(22)30)16-1-5-18(11-16)32-27(33)15-2-6-19(7-3-15)37-26-14-25-21(13-24(26)31)20(28(34)35)9-10-36-25/h2-4,6-8,12-14,16,18,20H,1,5,9-11H2,(H,32,33)(H,34,35). The fourth-order valence-corrected chi connectivity index (χ4v) is 5.49. The molecule has 0 bridgehead atoms. The first kappa shape index (κ1) is 25.7. The molecule has 9 heteroatoms. The number of benzene rings is 3. The Balaban J connectivity index is 1.21. The van der Waals surface area contributed by atoms with E-state index in [1.165, 1.54) is 0 Å². The summed E-state index contributed by atoms with van der Waals surface area (Å²) in [4.78, 5) is 24.4. The predicted molar refractivity (Wildman–Crippen MR) is 143 cm³/mol. The van der Waals surface area contributed by atoms with E-state index in [4.69, 9.17) is 44.3 Å². The molecule has 192 valence electrons. The van der Waals surface area contributed by atoms with Crippen molar-refractivity contribution in [1.82, 2.24) is 5.32 Å². The van der Waals surface area contributed by atoms with Gasteiger partial charge in [-0.05, 0) is 79.6 Å². The molecule has 6 nitrogen and oxygen atoms in total. The Labute approximate surface area is 229 Å². The maximum atomic E-state index is 12.8. The second kappa shape index (κ2) is 10.8. The zero-order chi connectivity index (χ0) is 26.1. The largest absolute Gasteiger partial charge is 0.493 e. The van der Waals surface area contributed by atoms with Crippen LogP contribution in [0, 0.1) is 0 Å². The molecular weight excluding hydrogens is 537 g/mol. The molecule has 1 amide bonds. The van der Waals surface area contributed by atoms with Gasteiger partial charge in [-0.2, -0.15) is 0 Å². The first-order valence-corrected chi connectivity index (χ1v) is 13.1. The summed E-state index contributed by atoms with van der Waals surface area (Å²) >= 11 is 18.6. The van der Waals surface area contributed by atoms with Gasteiger partial charge in [-0.3, -0.25) is 9.59 Å². The minimum Gasteiger partial charge on any atom is -0.493 e. The number of rotatable bonds is 6. The average Bonchev–Trinajstić information content (AvgIpc) is 3.34. The van der Waals surface area contributed by atoms with Gasteiger partial charge in [0.15, 0.2) is 0 Å². The molecule has 0 aromatic heterocycles. The van der Waals surface area contributed by atoms with Crippen LogP contribution in [0.15, 0.2) is 54.6 Å². The molecule has 2 N–H and O–H groups in total. The summed E-state index contributed by atoms with van der Waals surface area (Å²) in [5, 5.41) is 13.9. The quantitative estimate of drug-likeness (QED) is 0.327. The van der Waals surface area contributed by atoms with Gasteiger partial charge in [0.25, 0.3) is 5.91 Å². The van der Waals surface area contributed by atoms with E-state index in [1.807, 2.05) is 18.2 Å². The second-order valence-corrected chi connectivity index (χ2v) is 10.6. The molecule has 1 fully saturated rings. The predicted octanol–water partition coefficient (Wildman–Crippen LogP) is 7.46. The number of amides is 1. The summed E-state index contributed by atoms with van der Waals surface area (Å²) in [6, 6.07) is 15.8.